The molecule has 0 saturated carbocycles. The normalized spacial score (nSPS) is 10.3. The van der Waals surface area contributed by atoms with Crippen molar-refractivity contribution in [2.45, 2.75) is 6.54 Å². The van der Waals surface area contributed by atoms with Crippen LogP contribution in [0.5, 0.6) is 0 Å². The smallest absolute Gasteiger partial charge is 0.254 e. The Morgan fingerprint density at radius 3 is 3.00 bits per heavy atom. The van der Waals surface area contributed by atoms with E-state index in [4.69, 9.17) is 5.73 Å². The van der Waals surface area contributed by atoms with E-state index >= 15 is 0 Å². The highest BCUT2D eigenvalue weighted by Crippen LogP contribution is 2.22. The van der Waals surface area contributed by atoms with Gasteiger partial charge in [-0.3, -0.25) is 4.79 Å². The number of rotatable bonds is 3. The van der Waals surface area contributed by atoms with Crippen LogP contribution >= 0.6 is 27.3 Å². The molecule has 0 aliphatic carbocycles. The minimum Gasteiger partial charge on any atom is -0.381 e. The van der Waals surface area contributed by atoms with Gasteiger partial charge in [-0.15, -0.1) is 11.3 Å². The molecule has 2 aromatic heterocycles. The number of anilines is 1. The highest BCUT2D eigenvalue weighted by atomic mass is 79.9. The van der Waals surface area contributed by atoms with E-state index in [9.17, 15) is 9.18 Å². The second-order valence-electron chi connectivity index (χ2n) is 3.43. The molecule has 0 bridgehead atoms. The Balaban J connectivity index is 2.09. The molecule has 0 fully saturated rings. The molecule has 0 atom stereocenters. The predicted molar refractivity (Wildman–Crippen MR) is 71.8 cm³/mol. The lowest BCUT2D eigenvalue weighted by molar-refractivity contribution is 0.0947. The predicted octanol–water partition coefficient (Wildman–Crippen LogP) is 2.56. The zero-order valence-electron chi connectivity index (χ0n) is 9.11. The van der Waals surface area contributed by atoms with E-state index < -0.39 is 11.7 Å². The number of nitrogens with zero attached hydrogens (tertiary/aromatic N) is 1. The molecule has 0 aliphatic rings. The first-order chi connectivity index (χ1) is 8.59. The fraction of sp³-hybridized carbons (Fsp3) is 0.0909. The average molecular weight is 330 g/mol. The van der Waals surface area contributed by atoms with E-state index in [0.717, 1.165) is 9.35 Å². The maximum Gasteiger partial charge on any atom is 0.254 e. The van der Waals surface area contributed by atoms with Crippen LogP contribution in [0.15, 0.2) is 28.2 Å². The Bertz CT molecular complexity index is 587. The van der Waals surface area contributed by atoms with E-state index in [1.807, 2.05) is 11.4 Å². The minimum absolute atomic E-state index is 0.102. The molecule has 0 spiro atoms. The van der Waals surface area contributed by atoms with Crippen LogP contribution in [0.25, 0.3) is 0 Å². The molecule has 18 heavy (non-hydrogen) atoms. The number of aromatic nitrogens is 1. The van der Waals surface area contributed by atoms with Gasteiger partial charge in [0, 0.05) is 15.5 Å². The number of hydrogen-bond acceptors (Lipinski definition) is 4. The van der Waals surface area contributed by atoms with Gasteiger partial charge < -0.3 is 11.1 Å². The molecule has 2 heterocycles. The number of hydrogen-bond donors (Lipinski definition) is 2. The summed E-state index contributed by atoms with van der Waals surface area (Å²) >= 11 is 4.86. The number of halogens is 2. The number of nitrogens with one attached hydrogen (secondary N) is 1. The Hall–Kier alpha value is -1.47. The summed E-state index contributed by atoms with van der Waals surface area (Å²) in [5, 5.41) is 4.53. The number of carbonyl (C=O) groups is 1. The molecule has 3 N–H and O–H groups in total. The Morgan fingerprint density at radius 2 is 2.33 bits per heavy atom. The quantitative estimate of drug-likeness (QED) is 0.909. The summed E-state index contributed by atoms with van der Waals surface area (Å²) in [5.41, 5.74) is 5.20. The maximum absolute atomic E-state index is 13.5. The van der Waals surface area contributed by atoms with Crippen molar-refractivity contribution in [1.29, 1.82) is 0 Å². The fourth-order valence-electron chi connectivity index (χ4n) is 1.34. The van der Waals surface area contributed by atoms with Crippen molar-refractivity contribution >= 4 is 39.0 Å². The molecule has 1 amide bonds. The largest absolute Gasteiger partial charge is 0.381 e. The van der Waals surface area contributed by atoms with Crippen LogP contribution in [0.2, 0.25) is 0 Å². The lowest BCUT2D eigenvalue weighted by Gasteiger charge is -2.06. The fourth-order valence-corrected chi connectivity index (χ4v) is 2.77. The monoisotopic (exact) mass is 329 g/mol. The summed E-state index contributed by atoms with van der Waals surface area (Å²) in [7, 11) is 0. The Morgan fingerprint density at radius 1 is 1.56 bits per heavy atom. The summed E-state index contributed by atoms with van der Waals surface area (Å²) < 4.78 is 14.5. The third-order valence-electron chi connectivity index (χ3n) is 2.26. The second kappa shape index (κ2) is 5.45. The Kier molecular flexibility index (Phi) is 3.93. The van der Waals surface area contributed by atoms with Gasteiger partial charge in [0.1, 0.15) is 0 Å². The van der Waals surface area contributed by atoms with E-state index in [1.54, 1.807) is 0 Å². The topological polar surface area (TPSA) is 68.0 Å². The molecule has 2 rings (SSSR count). The zero-order valence-corrected chi connectivity index (χ0v) is 11.5. The van der Waals surface area contributed by atoms with Crippen LogP contribution in [0, 0.1) is 5.82 Å². The molecule has 0 radical (unpaired) electrons. The molecule has 94 valence electrons. The van der Waals surface area contributed by atoms with Crippen molar-refractivity contribution in [3.8, 4) is 0 Å². The van der Waals surface area contributed by atoms with Crippen molar-refractivity contribution in [3.63, 3.8) is 0 Å². The van der Waals surface area contributed by atoms with Crippen LogP contribution < -0.4 is 11.1 Å². The van der Waals surface area contributed by atoms with E-state index in [1.165, 1.54) is 23.6 Å². The van der Waals surface area contributed by atoms with Gasteiger partial charge in [-0.2, -0.15) is 0 Å². The molecular weight excluding hydrogens is 321 g/mol. The first-order valence-electron chi connectivity index (χ1n) is 4.99. The summed E-state index contributed by atoms with van der Waals surface area (Å²) in [6.07, 6.45) is 1.30. The molecule has 0 saturated heterocycles. The summed E-state index contributed by atoms with van der Waals surface area (Å²) in [4.78, 5) is 16.3. The van der Waals surface area contributed by atoms with Crippen molar-refractivity contribution in [2.24, 2.45) is 0 Å². The number of carbonyl (C=O) groups excluding carboxylic acids is 1. The SMILES string of the molecule is Nc1nccc(C(=O)NCc2sccc2Br)c1F. The van der Waals surface area contributed by atoms with Gasteiger partial charge in [-0.1, -0.05) is 0 Å². The minimum atomic E-state index is -0.791. The molecule has 0 unspecified atom stereocenters. The van der Waals surface area contributed by atoms with Crippen LogP contribution in [0.4, 0.5) is 10.2 Å². The van der Waals surface area contributed by atoms with Crippen LogP contribution in [0.1, 0.15) is 15.2 Å². The summed E-state index contributed by atoms with van der Waals surface area (Å²) in [5.74, 6) is -1.58. The summed E-state index contributed by atoms with van der Waals surface area (Å²) in [6, 6.07) is 3.18. The van der Waals surface area contributed by atoms with Crippen molar-refractivity contribution in [3.05, 3.63) is 44.4 Å². The summed E-state index contributed by atoms with van der Waals surface area (Å²) in [6.45, 7) is 0.332. The molecular formula is C11H9BrFN3OS. The van der Waals surface area contributed by atoms with Gasteiger partial charge >= 0.3 is 0 Å². The van der Waals surface area contributed by atoms with E-state index in [-0.39, 0.29) is 11.4 Å². The molecule has 2 aromatic rings. The van der Waals surface area contributed by atoms with Crippen LogP contribution in [0.3, 0.4) is 0 Å². The van der Waals surface area contributed by atoms with Gasteiger partial charge in [0.25, 0.3) is 5.91 Å². The van der Waals surface area contributed by atoms with Gasteiger partial charge in [0.15, 0.2) is 11.6 Å². The number of amides is 1. The van der Waals surface area contributed by atoms with Gasteiger partial charge in [-0.05, 0) is 33.4 Å². The van der Waals surface area contributed by atoms with Crippen LogP contribution in [-0.4, -0.2) is 10.9 Å². The van der Waals surface area contributed by atoms with E-state index in [0.29, 0.717) is 6.54 Å². The highest BCUT2D eigenvalue weighted by Gasteiger charge is 2.14. The first-order valence-corrected chi connectivity index (χ1v) is 6.67. The molecule has 0 aliphatic heterocycles. The lowest BCUT2D eigenvalue weighted by Crippen LogP contribution is -2.24. The van der Waals surface area contributed by atoms with Crippen molar-refractivity contribution in [2.75, 3.05) is 5.73 Å². The van der Waals surface area contributed by atoms with Crippen molar-refractivity contribution in [1.82, 2.24) is 10.3 Å². The molecule has 0 aromatic carbocycles. The van der Waals surface area contributed by atoms with Gasteiger partial charge in [0.2, 0.25) is 0 Å². The second-order valence-corrected chi connectivity index (χ2v) is 5.29. The Labute approximate surface area is 115 Å². The molecule has 4 nitrogen and oxygen atoms in total. The first kappa shape index (κ1) is 13.0. The van der Waals surface area contributed by atoms with Crippen molar-refractivity contribution < 1.29 is 9.18 Å². The van der Waals surface area contributed by atoms with Crippen LogP contribution in [-0.2, 0) is 6.54 Å². The average Bonchev–Trinajstić information content (AvgIpc) is 2.75. The zero-order chi connectivity index (χ0) is 13.1. The lowest BCUT2D eigenvalue weighted by atomic mass is 10.2. The third-order valence-corrected chi connectivity index (χ3v) is 4.19. The van der Waals surface area contributed by atoms with Gasteiger partial charge in [-0.25, -0.2) is 9.37 Å². The van der Waals surface area contributed by atoms with E-state index in [2.05, 4.69) is 26.2 Å². The number of pyridine rings is 1. The standard InChI is InChI=1S/C11H9BrFN3OS/c12-7-2-4-18-8(7)5-16-11(17)6-1-3-15-10(14)9(6)13/h1-4H,5H2,(H2,14,15)(H,16,17). The van der Waals surface area contributed by atoms with Gasteiger partial charge in [0.05, 0.1) is 12.1 Å². The highest BCUT2D eigenvalue weighted by molar-refractivity contribution is 9.10. The number of nitrogens with two attached hydrogens (primary N) is 1. The molecule has 7 heteroatoms. The number of thiophene rings is 1. The third kappa shape index (κ3) is 2.68. The maximum atomic E-state index is 13.5. The number of nitrogen functional groups attached to an aromatic ring is 1.